The molecular formula is C22H26N2O4. The Kier molecular flexibility index (Phi) is 4.37. The van der Waals surface area contributed by atoms with Crippen molar-refractivity contribution in [3.05, 3.63) is 29.8 Å². The molecule has 2 bridgehead atoms. The van der Waals surface area contributed by atoms with Crippen molar-refractivity contribution in [3.8, 4) is 0 Å². The fourth-order valence-electron chi connectivity index (χ4n) is 5.78. The molecule has 2 amide bonds. The van der Waals surface area contributed by atoms with Crippen molar-refractivity contribution in [2.75, 3.05) is 18.4 Å². The van der Waals surface area contributed by atoms with Crippen molar-refractivity contribution in [2.45, 2.75) is 44.6 Å². The summed E-state index contributed by atoms with van der Waals surface area (Å²) < 4.78 is 5.43. The maximum absolute atomic E-state index is 13.0. The molecule has 2 aliphatic carbocycles. The SMILES string of the molecule is O=C(Nc1cccc(C(=O)N2CCCCCC2)c1)[C@@H]1[C@@H]2C[C@@H]3[C@H]1C(=O)O[C@H]3C2. The molecule has 2 heterocycles. The molecule has 148 valence electrons. The van der Waals surface area contributed by atoms with Gasteiger partial charge in [0.15, 0.2) is 0 Å². The van der Waals surface area contributed by atoms with Crippen LogP contribution in [0.5, 0.6) is 0 Å². The van der Waals surface area contributed by atoms with Crippen LogP contribution in [0.4, 0.5) is 5.69 Å². The Bertz CT molecular complexity index is 813. The number of nitrogens with zero attached hydrogens (tertiary/aromatic N) is 1. The Hall–Kier alpha value is -2.37. The Morgan fingerprint density at radius 2 is 1.86 bits per heavy atom. The molecule has 0 unspecified atom stereocenters. The zero-order valence-corrected chi connectivity index (χ0v) is 15.9. The maximum atomic E-state index is 13.0. The van der Waals surface area contributed by atoms with E-state index in [2.05, 4.69) is 5.32 Å². The van der Waals surface area contributed by atoms with Gasteiger partial charge in [-0.15, -0.1) is 0 Å². The first-order chi connectivity index (χ1) is 13.6. The van der Waals surface area contributed by atoms with Gasteiger partial charge in [0.25, 0.3) is 5.91 Å². The molecule has 4 fully saturated rings. The van der Waals surface area contributed by atoms with Gasteiger partial charge in [0.1, 0.15) is 6.10 Å². The van der Waals surface area contributed by atoms with Gasteiger partial charge in [-0.25, -0.2) is 0 Å². The largest absolute Gasteiger partial charge is 0.462 e. The van der Waals surface area contributed by atoms with Crippen molar-refractivity contribution in [1.82, 2.24) is 4.90 Å². The normalized spacial score (nSPS) is 33.5. The van der Waals surface area contributed by atoms with Gasteiger partial charge in [-0.3, -0.25) is 14.4 Å². The van der Waals surface area contributed by atoms with Crippen LogP contribution < -0.4 is 5.32 Å². The molecule has 6 heteroatoms. The van der Waals surface area contributed by atoms with E-state index in [1.54, 1.807) is 24.3 Å². The van der Waals surface area contributed by atoms with Crippen LogP contribution in [0, 0.1) is 23.7 Å². The highest BCUT2D eigenvalue weighted by molar-refractivity contribution is 5.99. The summed E-state index contributed by atoms with van der Waals surface area (Å²) in [6.45, 7) is 1.59. The maximum Gasteiger partial charge on any atom is 0.310 e. The van der Waals surface area contributed by atoms with Crippen molar-refractivity contribution in [3.63, 3.8) is 0 Å². The summed E-state index contributed by atoms with van der Waals surface area (Å²) in [7, 11) is 0. The fraction of sp³-hybridized carbons (Fsp3) is 0.591. The highest BCUT2D eigenvalue weighted by Gasteiger charge is 2.63. The minimum Gasteiger partial charge on any atom is -0.462 e. The molecule has 4 aliphatic rings. The van der Waals surface area contributed by atoms with Crippen LogP contribution in [-0.2, 0) is 14.3 Å². The molecular weight excluding hydrogens is 356 g/mol. The summed E-state index contributed by atoms with van der Waals surface area (Å²) in [6.07, 6.45) is 6.18. The number of amides is 2. The standard InChI is InChI=1S/C22H26N2O4/c25-20(18-14-11-16-17(12-14)28-22(27)19(16)18)23-15-7-5-6-13(10-15)21(26)24-8-3-1-2-4-9-24/h5-7,10,14,16-19H,1-4,8-9,11-12H2,(H,23,25)/t14-,16+,17+,18-,19-/m1/s1. The number of benzene rings is 1. The van der Waals surface area contributed by atoms with Crippen LogP contribution in [0.25, 0.3) is 0 Å². The summed E-state index contributed by atoms with van der Waals surface area (Å²) >= 11 is 0. The van der Waals surface area contributed by atoms with E-state index in [0.717, 1.165) is 38.8 Å². The zero-order valence-electron chi connectivity index (χ0n) is 15.9. The molecule has 0 aromatic heterocycles. The van der Waals surface area contributed by atoms with Crippen LogP contribution >= 0.6 is 0 Å². The highest BCUT2D eigenvalue weighted by Crippen LogP contribution is 2.57. The zero-order chi connectivity index (χ0) is 19.3. The van der Waals surface area contributed by atoms with Crippen LogP contribution in [0.1, 0.15) is 48.9 Å². The second-order valence-corrected chi connectivity index (χ2v) is 8.70. The van der Waals surface area contributed by atoms with Gasteiger partial charge in [-0.2, -0.15) is 0 Å². The minimum absolute atomic E-state index is 0.0279. The number of carbonyl (C=O) groups is 3. The number of rotatable bonds is 3. The molecule has 0 spiro atoms. The first kappa shape index (κ1) is 17.7. The number of hydrogen-bond donors (Lipinski definition) is 1. The number of fused-ring (bicyclic) bond motifs is 1. The lowest BCUT2D eigenvalue weighted by Gasteiger charge is -2.24. The summed E-state index contributed by atoms with van der Waals surface area (Å²) in [6, 6.07) is 7.18. The molecule has 6 nitrogen and oxygen atoms in total. The van der Waals surface area contributed by atoms with Gasteiger partial charge in [-0.05, 0) is 49.8 Å². The second-order valence-electron chi connectivity index (χ2n) is 8.70. The number of anilines is 1. The van der Waals surface area contributed by atoms with Gasteiger partial charge in [0, 0.05) is 30.3 Å². The topological polar surface area (TPSA) is 75.7 Å². The fourth-order valence-corrected chi connectivity index (χ4v) is 5.78. The average molecular weight is 382 g/mol. The van der Waals surface area contributed by atoms with E-state index >= 15 is 0 Å². The van der Waals surface area contributed by atoms with Gasteiger partial charge >= 0.3 is 5.97 Å². The van der Waals surface area contributed by atoms with Crippen LogP contribution in [0.2, 0.25) is 0 Å². The molecule has 2 saturated carbocycles. The summed E-state index contributed by atoms with van der Waals surface area (Å²) in [5, 5.41) is 2.97. The Morgan fingerprint density at radius 1 is 1.07 bits per heavy atom. The second kappa shape index (κ2) is 6.90. The number of carbonyl (C=O) groups excluding carboxylic acids is 3. The van der Waals surface area contributed by atoms with E-state index < -0.39 is 0 Å². The van der Waals surface area contributed by atoms with Gasteiger partial charge in [0.2, 0.25) is 5.91 Å². The minimum atomic E-state index is -0.304. The van der Waals surface area contributed by atoms with Gasteiger partial charge in [0.05, 0.1) is 11.8 Å². The predicted molar refractivity (Wildman–Crippen MR) is 103 cm³/mol. The van der Waals surface area contributed by atoms with E-state index in [4.69, 9.17) is 4.74 Å². The number of esters is 1. The van der Waals surface area contributed by atoms with Crippen LogP contribution in [-0.4, -0.2) is 41.9 Å². The summed E-state index contributed by atoms with van der Waals surface area (Å²) in [4.78, 5) is 39.9. The molecule has 5 atom stereocenters. The van der Waals surface area contributed by atoms with Crippen LogP contribution in [0.15, 0.2) is 24.3 Å². The first-order valence-electron chi connectivity index (χ1n) is 10.5. The summed E-state index contributed by atoms with van der Waals surface area (Å²) in [5.74, 6) is -0.445. The van der Waals surface area contributed by atoms with E-state index in [1.807, 2.05) is 4.90 Å². The molecule has 2 aliphatic heterocycles. The van der Waals surface area contributed by atoms with Crippen molar-refractivity contribution in [1.29, 1.82) is 0 Å². The Morgan fingerprint density at radius 3 is 2.64 bits per heavy atom. The highest BCUT2D eigenvalue weighted by atomic mass is 16.6. The Labute approximate surface area is 164 Å². The summed E-state index contributed by atoms with van der Waals surface area (Å²) in [5.41, 5.74) is 1.23. The molecule has 0 radical (unpaired) electrons. The smallest absolute Gasteiger partial charge is 0.310 e. The third kappa shape index (κ3) is 2.90. The van der Waals surface area contributed by atoms with Gasteiger partial charge in [-0.1, -0.05) is 18.9 Å². The lowest BCUT2D eigenvalue weighted by molar-refractivity contribution is -0.145. The predicted octanol–water partition coefficient (Wildman–Crippen LogP) is 2.84. The molecule has 2 saturated heterocycles. The van der Waals surface area contributed by atoms with E-state index in [-0.39, 0.29) is 47.6 Å². The number of likely N-dealkylation sites (tertiary alicyclic amines) is 1. The molecule has 28 heavy (non-hydrogen) atoms. The lowest BCUT2D eigenvalue weighted by Crippen LogP contribution is -2.36. The van der Waals surface area contributed by atoms with E-state index in [0.29, 0.717) is 11.3 Å². The number of ether oxygens (including phenoxy) is 1. The lowest BCUT2D eigenvalue weighted by atomic mass is 9.79. The van der Waals surface area contributed by atoms with Crippen molar-refractivity contribution in [2.24, 2.45) is 23.7 Å². The van der Waals surface area contributed by atoms with E-state index in [1.165, 1.54) is 12.8 Å². The first-order valence-corrected chi connectivity index (χ1v) is 10.5. The van der Waals surface area contributed by atoms with Gasteiger partial charge < -0.3 is 15.0 Å². The van der Waals surface area contributed by atoms with E-state index in [9.17, 15) is 14.4 Å². The average Bonchev–Trinajstić information content (AvgIpc) is 3.20. The molecule has 1 N–H and O–H groups in total. The van der Waals surface area contributed by atoms with Crippen molar-refractivity contribution >= 4 is 23.5 Å². The Balaban J connectivity index is 1.30. The molecule has 5 rings (SSSR count). The number of hydrogen-bond acceptors (Lipinski definition) is 4. The third-order valence-electron chi connectivity index (χ3n) is 7.06. The monoisotopic (exact) mass is 382 g/mol. The molecule has 1 aromatic carbocycles. The van der Waals surface area contributed by atoms with Crippen molar-refractivity contribution < 1.29 is 19.1 Å². The number of nitrogens with one attached hydrogen (secondary N) is 1. The quantitative estimate of drug-likeness (QED) is 0.816. The van der Waals surface area contributed by atoms with Crippen LogP contribution in [0.3, 0.4) is 0 Å². The molecule has 1 aromatic rings. The third-order valence-corrected chi connectivity index (χ3v) is 7.06.